The van der Waals surface area contributed by atoms with Crippen molar-refractivity contribution in [2.75, 3.05) is 0 Å². The molecular formula is C13H16N2O5S. The van der Waals surface area contributed by atoms with Gasteiger partial charge in [-0.3, -0.25) is 4.79 Å². The second-order valence-corrected chi connectivity index (χ2v) is 5.99. The van der Waals surface area contributed by atoms with Crippen LogP contribution in [0.5, 0.6) is 0 Å². The molecule has 0 bridgehead atoms. The van der Waals surface area contributed by atoms with Gasteiger partial charge < -0.3 is 10.4 Å². The average molecular weight is 312 g/mol. The van der Waals surface area contributed by atoms with E-state index in [9.17, 15) is 18.0 Å². The largest absolute Gasteiger partial charge is 0.478 e. The molecule has 1 aromatic rings. The van der Waals surface area contributed by atoms with Gasteiger partial charge >= 0.3 is 5.97 Å². The number of primary sulfonamides is 1. The highest BCUT2D eigenvalue weighted by Crippen LogP contribution is 2.09. The summed E-state index contributed by atoms with van der Waals surface area (Å²) in [6.07, 6.45) is 0. The highest BCUT2D eigenvalue weighted by atomic mass is 32.2. The van der Waals surface area contributed by atoms with Crippen molar-refractivity contribution in [1.29, 1.82) is 0 Å². The first-order chi connectivity index (χ1) is 9.62. The number of benzene rings is 1. The van der Waals surface area contributed by atoms with Gasteiger partial charge in [-0.2, -0.15) is 0 Å². The number of carboxylic acids is 1. The number of sulfonamides is 1. The number of rotatable bonds is 5. The smallest absolute Gasteiger partial charge is 0.331 e. The van der Waals surface area contributed by atoms with Gasteiger partial charge in [-0.15, -0.1) is 0 Å². The molecule has 0 heterocycles. The first-order valence-electron chi connectivity index (χ1n) is 5.93. The van der Waals surface area contributed by atoms with Crippen LogP contribution in [0, 0.1) is 0 Å². The third kappa shape index (κ3) is 4.69. The fourth-order valence-corrected chi connectivity index (χ4v) is 1.96. The van der Waals surface area contributed by atoms with E-state index in [1.165, 1.54) is 38.1 Å². The summed E-state index contributed by atoms with van der Waals surface area (Å²) in [5.74, 6) is -1.65. The molecule has 0 saturated carbocycles. The number of hydrogen-bond donors (Lipinski definition) is 3. The molecule has 0 fully saturated rings. The number of carboxylic acid groups (broad SMARTS) is 1. The van der Waals surface area contributed by atoms with Crippen LogP contribution in [-0.2, 0) is 26.2 Å². The van der Waals surface area contributed by atoms with Crippen molar-refractivity contribution in [3.8, 4) is 0 Å². The van der Waals surface area contributed by atoms with Gasteiger partial charge in [-0.25, -0.2) is 18.4 Å². The molecule has 4 N–H and O–H groups in total. The quantitative estimate of drug-likeness (QED) is 0.677. The van der Waals surface area contributed by atoms with Gasteiger partial charge in [0.25, 0.3) is 0 Å². The lowest BCUT2D eigenvalue weighted by molar-refractivity contribution is -0.133. The minimum absolute atomic E-state index is 0.0182. The lowest BCUT2D eigenvalue weighted by atomic mass is 10.1. The Bertz CT molecular complexity index is 690. The summed E-state index contributed by atoms with van der Waals surface area (Å²) in [6.45, 7) is 2.91. The molecule has 114 valence electrons. The average Bonchev–Trinajstić information content (AvgIpc) is 2.42. The third-order valence-corrected chi connectivity index (χ3v) is 3.86. The van der Waals surface area contributed by atoms with Crippen molar-refractivity contribution in [2.24, 2.45) is 5.14 Å². The standard InChI is InChI=1S/C13H16N2O5S/c1-8(9(2)13(17)18)12(16)15-7-10-3-5-11(6-4-10)21(14,19)20/h3-6H,7H2,1-2H3,(H,15,16)(H,17,18)(H2,14,19,20). The molecule has 0 spiro atoms. The Hall–Kier alpha value is -2.19. The van der Waals surface area contributed by atoms with Crippen LogP contribution >= 0.6 is 0 Å². The van der Waals surface area contributed by atoms with Crippen LogP contribution in [0.3, 0.4) is 0 Å². The molecule has 1 rings (SSSR count). The van der Waals surface area contributed by atoms with E-state index >= 15 is 0 Å². The van der Waals surface area contributed by atoms with Crippen molar-refractivity contribution in [3.05, 3.63) is 41.0 Å². The summed E-state index contributed by atoms with van der Waals surface area (Å²) in [6, 6.07) is 5.70. The number of aliphatic carboxylic acids is 1. The second-order valence-electron chi connectivity index (χ2n) is 4.43. The molecule has 0 radical (unpaired) electrons. The zero-order valence-corrected chi connectivity index (χ0v) is 12.4. The summed E-state index contributed by atoms with van der Waals surface area (Å²) in [7, 11) is -3.75. The molecule has 0 aromatic heterocycles. The number of nitrogens with two attached hydrogens (primary N) is 1. The Morgan fingerprint density at radius 2 is 1.67 bits per heavy atom. The van der Waals surface area contributed by atoms with Gasteiger partial charge in [-0.1, -0.05) is 12.1 Å². The normalized spacial score (nSPS) is 12.5. The molecule has 8 heteroatoms. The highest BCUT2D eigenvalue weighted by molar-refractivity contribution is 7.89. The van der Waals surface area contributed by atoms with Crippen LogP contribution in [-0.4, -0.2) is 25.4 Å². The van der Waals surface area contributed by atoms with E-state index in [1.54, 1.807) is 0 Å². The predicted molar refractivity (Wildman–Crippen MR) is 75.7 cm³/mol. The highest BCUT2D eigenvalue weighted by Gasteiger charge is 2.12. The van der Waals surface area contributed by atoms with Crippen LogP contribution in [0.4, 0.5) is 0 Å². The van der Waals surface area contributed by atoms with E-state index in [-0.39, 0.29) is 22.6 Å². The van der Waals surface area contributed by atoms with Gasteiger partial charge in [0.05, 0.1) is 4.90 Å². The Kier molecular flexibility index (Phi) is 5.23. The maximum absolute atomic E-state index is 11.7. The van der Waals surface area contributed by atoms with Gasteiger partial charge in [0.1, 0.15) is 0 Å². The topological polar surface area (TPSA) is 127 Å². The molecule has 21 heavy (non-hydrogen) atoms. The number of carbonyl (C=O) groups is 2. The Balaban J connectivity index is 2.75. The molecule has 1 amide bonds. The third-order valence-electron chi connectivity index (χ3n) is 2.93. The summed E-state index contributed by atoms with van der Waals surface area (Å²) in [4.78, 5) is 22.5. The SMILES string of the molecule is CC(C(=O)O)=C(C)C(=O)NCc1ccc(S(N)(=O)=O)cc1. The molecule has 0 atom stereocenters. The van der Waals surface area contributed by atoms with Gasteiger partial charge in [0.15, 0.2) is 0 Å². The maximum Gasteiger partial charge on any atom is 0.331 e. The molecule has 0 aliphatic carbocycles. The van der Waals surface area contributed by atoms with Crippen LogP contribution in [0.25, 0.3) is 0 Å². The fourth-order valence-electron chi connectivity index (χ4n) is 1.44. The maximum atomic E-state index is 11.7. The summed E-state index contributed by atoms with van der Waals surface area (Å²) < 4.78 is 22.2. The van der Waals surface area contributed by atoms with E-state index < -0.39 is 21.9 Å². The number of hydrogen-bond acceptors (Lipinski definition) is 4. The molecule has 7 nitrogen and oxygen atoms in total. The van der Waals surface area contributed by atoms with Crippen molar-refractivity contribution in [3.63, 3.8) is 0 Å². The van der Waals surface area contributed by atoms with Crippen LogP contribution in [0.2, 0.25) is 0 Å². The van der Waals surface area contributed by atoms with Crippen molar-refractivity contribution < 1.29 is 23.1 Å². The van der Waals surface area contributed by atoms with Gasteiger partial charge in [0.2, 0.25) is 15.9 Å². The van der Waals surface area contributed by atoms with E-state index in [1.807, 2.05) is 0 Å². The van der Waals surface area contributed by atoms with Gasteiger partial charge in [0, 0.05) is 17.7 Å². The summed E-state index contributed by atoms with van der Waals surface area (Å²) in [5.41, 5.74) is 0.747. The molecule has 0 unspecified atom stereocenters. The lowest BCUT2D eigenvalue weighted by Crippen LogP contribution is -2.25. The number of carbonyl (C=O) groups excluding carboxylic acids is 1. The molecule has 0 aliphatic heterocycles. The second kappa shape index (κ2) is 6.51. The van der Waals surface area contributed by atoms with Crippen LogP contribution in [0.1, 0.15) is 19.4 Å². The Labute approximate surface area is 122 Å². The number of amides is 1. The van der Waals surface area contributed by atoms with E-state index in [2.05, 4.69) is 5.32 Å². The minimum Gasteiger partial charge on any atom is -0.478 e. The van der Waals surface area contributed by atoms with E-state index in [4.69, 9.17) is 10.2 Å². The monoisotopic (exact) mass is 312 g/mol. The first-order valence-corrected chi connectivity index (χ1v) is 7.48. The molecule has 1 aromatic carbocycles. The summed E-state index contributed by atoms with van der Waals surface area (Å²) in [5, 5.41) is 16.3. The van der Waals surface area contributed by atoms with Crippen molar-refractivity contribution in [2.45, 2.75) is 25.3 Å². The first kappa shape index (κ1) is 16.9. The minimum atomic E-state index is -3.75. The zero-order chi connectivity index (χ0) is 16.2. The summed E-state index contributed by atoms with van der Waals surface area (Å²) >= 11 is 0. The van der Waals surface area contributed by atoms with Gasteiger partial charge in [-0.05, 0) is 31.5 Å². The lowest BCUT2D eigenvalue weighted by Gasteiger charge is -2.07. The Morgan fingerprint density at radius 1 is 1.14 bits per heavy atom. The molecule has 0 aliphatic rings. The Morgan fingerprint density at radius 3 is 2.10 bits per heavy atom. The van der Waals surface area contributed by atoms with Crippen molar-refractivity contribution in [1.82, 2.24) is 5.32 Å². The fraction of sp³-hybridized carbons (Fsp3) is 0.231. The van der Waals surface area contributed by atoms with E-state index in [0.29, 0.717) is 5.56 Å². The van der Waals surface area contributed by atoms with E-state index in [0.717, 1.165) is 0 Å². The predicted octanol–water partition coefficient (Wildman–Crippen LogP) is 0.371. The zero-order valence-electron chi connectivity index (χ0n) is 11.6. The number of nitrogens with one attached hydrogen (secondary N) is 1. The molecular weight excluding hydrogens is 296 g/mol. The van der Waals surface area contributed by atoms with Crippen LogP contribution in [0.15, 0.2) is 40.3 Å². The van der Waals surface area contributed by atoms with Crippen molar-refractivity contribution >= 4 is 21.9 Å². The molecule has 0 saturated heterocycles. The van der Waals surface area contributed by atoms with Crippen LogP contribution < -0.4 is 10.5 Å².